The lowest BCUT2D eigenvalue weighted by atomic mass is 9.92. The molecule has 8 nitrogen and oxygen atoms in total. The second kappa shape index (κ2) is 11.8. The van der Waals surface area contributed by atoms with Gasteiger partial charge in [-0.2, -0.15) is 0 Å². The summed E-state index contributed by atoms with van der Waals surface area (Å²) in [5.74, 6) is -2.19. The highest BCUT2D eigenvalue weighted by Crippen LogP contribution is 2.36. The highest BCUT2D eigenvalue weighted by Gasteiger charge is 2.41. The largest absolute Gasteiger partial charge is 0.368 e. The summed E-state index contributed by atoms with van der Waals surface area (Å²) >= 11 is 0. The molecule has 3 aromatic rings. The number of nitrogens with zero attached hydrogens (tertiary/aromatic N) is 2. The Morgan fingerprint density at radius 2 is 1.52 bits per heavy atom. The van der Waals surface area contributed by atoms with Crippen LogP contribution < -0.4 is 15.4 Å². The molecule has 1 atom stereocenters. The van der Waals surface area contributed by atoms with Gasteiger partial charge in [-0.15, -0.1) is 0 Å². The maximum Gasteiger partial charge on any atom is 0.252 e. The molecule has 10 heteroatoms. The number of nitrogens with two attached hydrogens (primary N) is 1. The van der Waals surface area contributed by atoms with Gasteiger partial charge in [0.25, 0.3) is 5.91 Å². The van der Waals surface area contributed by atoms with Crippen LogP contribution in [0.5, 0.6) is 0 Å². The molecule has 0 aromatic heterocycles. The topological polar surface area (TPSA) is 113 Å². The molecule has 2 amide bonds. The Labute approximate surface area is 235 Å². The molecule has 4 rings (SSSR count). The summed E-state index contributed by atoms with van der Waals surface area (Å²) in [6.07, 6.45) is 1.33. The number of sulfonamides is 1. The van der Waals surface area contributed by atoms with Crippen molar-refractivity contribution < 1.29 is 22.4 Å². The van der Waals surface area contributed by atoms with Crippen molar-refractivity contribution in [3.63, 3.8) is 0 Å². The van der Waals surface area contributed by atoms with E-state index in [1.165, 1.54) is 10.4 Å². The van der Waals surface area contributed by atoms with Crippen LogP contribution >= 0.6 is 0 Å². The van der Waals surface area contributed by atoms with Crippen LogP contribution in [0.4, 0.5) is 10.1 Å². The molecule has 0 saturated carbocycles. The normalized spacial score (nSPS) is 14.9. The van der Waals surface area contributed by atoms with E-state index < -0.39 is 39.7 Å². The quantitative estimate of drug-likeness (QED) is 0.389. The predicted octanol–water partition coefficient (Wildman–Crippen LogP) is 3.68. The molecular formula is C30H35FN4O4S. The lowest BCUT2D eigenvalue weighted by Crippen LogP contribution is -2.61. The van der Waals surface area contributed by atoms with Gasteiger partial charge in [-0.1, -0.05) is 66.6 Å². The monoisotopic (exact) mass is 566 g/mol. The van der Waals surface area contributed by atoms with Gasteiger partial charge in [0.05, 0.1) is 24.0 Å². The predicted molar refractivity (Wildman–Crippen MR) is 154 cm³/mol. The van der Waals surface area contributed by atoms with Crippen LogP contribution in [-0.2, 0) is 14.8 Å². The SMILES string of the molecule is CC[C@H](NC(=O)c1cc(F)cc(N(C2CN(C(c3ccc(C)cc3)c3ccc(C)cc3)C2)S(C)(=O)=O)c1)C(N)=O. The fraction of sp³-hybridized carbons (Fsp3) is 0.333. The molecule has 40 heavy (non-hydrogen) atoms. The minimum Gasteiger partial charge on any atom is -0.368 e. The Balaban J connectivity index is 1.63. The molecule has 0 radical (unpaired) electrons. The zero-order chi connectivity index (χ0) is 29.2. The van der Waals surface area contributed by atoms with E-state index in [1.807, 2.05) is 13.8 Å². The minimum absolute atomic E-state index is 0.0478. The van der Waals surface area contributed by atoms with Crippen LogP contribution in [0, 0.1) is 19.7 Å². The van der Waals surface area contributed by atoms with Crippen LogP contribution in [0.1, 0.15) is 52.0 Å². The number of carbonyl (C=O) groups is 2. The Morgan fingerprint density at radius 3 is 1.98 bits per heavy atom. The lowest BCUT2D eigenvalue weighted by molar-refractivity contribution is -0.119. The van der Waals surface area contributed by atoms with Gasteiger partial charge in [0.15, 0.2) is 0 Å². The first kappa shape index (κ1) is 29.2. The number of benzene rings is 3. The van der Waals surface area contributed by atoms with Gasteiger partial charge in [-0.25, -0.2) is 12.8 Å². The Hall–Kier alpha value is -3.76. The average Bonchev–Trinajstić information content (AvgIpc) is 2.86. The van der Waals surface area contributed by atoms with Crippen molar-refractivity contribution in [2.75, 3.05) is 23.7 Å². The smallest absolute Gasteiger partial charge is 0.252 e. The van der Waals surface area contributed by atoms with Crippen molar-refractivity contribution in [3.05, 3.63) is 100 Å². The van der Waals surface area contributed by atoms with Crippen LogP contribution in [0.3, 0.4) is 0 Å². The zero-order valence-electron chi connectivity index (χ0n) is 23.1. The molecule has 0 spiro atoms. The molecule has 1 aliphatic heterocycles. The van der Waals surface area contributed by atoms with Gasteiger partial charge in [-0.05, 0) is 49.6 Å². The third kappa shape index (κ3) is 6.51. The van der Waals surface area contributed by atoms with Crippen molar-refractivity contribution in [2.24, 2.45) is 5.73 Å². The second-order valence-corrected chi connectivity index (χ2v) is 12.3. The number of primary amides is 1. The van der Waals surface area contributed by atoms with Gasteiger partial charge in [0, 0.05) is 18.7 Å². The molecule has 0 bridgehead atoms. The summed E-state index contributed by atoms with van der Waals surface area (Å²) in [7, 11) is -3.83. The molecule has 1 fully saturated rings. The third-order valence-electron chi connectivity index (χ3n) is 7.19. The number of halogens is 1. The molecule has 1 aliphatic rings. The number of hydrogen-bond acceptors (Lipinski definition) is 5. The summed E-state index contributed by atoms with van der Waals surface area (Å²) < 4.78 is 41.9. The highest BCUT2D eigenvalue weighted by atomic mass is 32.2. The van der Waals surface area contributed by atoms with E-state index in [0.29, 0.717) is 13.1 Å². The summed E-state index contributed by atoms with van der Waals surface area (Å²) in [5.41, 5.74) is 9.72. The van der Waals surface area contributed by atoms with Gasteiger partial charge in [-0.3, -0.25) is 18.8 Å². The molecule has 0 aliphatic carbocycles. The summed E-state index contributed by atoms with van der Waals surface area (Å²) in [4.78, 5) is 26.5. The van der Waals surface area contributed by atoms with E-state index in [1.54, 1.807) is 6.92 Å². The minimum atomic E-state index is -3.83. The van der Waals surface area contributed by atoms with Gasteiger partial charge in [0.1, 0.15) is 11.9 Å². The van der Waals surface area contributed by atoms with E-state index in [2.05, 4.69) is 58.7 Å². The molecule has 3 N–H and O–H groups in total. The number of anilines is 1. The first-order valence-corrected chi connectivity index (χ1v) is 15.0. The van der Waals surface area contributed by atoms with E-state index in [4.69, 9.17) is 5.73 Å². The molecule has 1 saturated heterocycles. The van der Waals surface area contributed by atoms with E-state index in [9.17, 15) is 22.4 Å². The maximum atomic E-state index is 14.7. The van der Waals surface area contributed by atoms with E-state index in [0.717, 1.165) is 40.6 Å². The highest BCUT2D eigenvalue weighted by molar-refractivity contribution is 7.92. The molecule has 3 aromatic carbocycles. The van der Waals surface area contributed by atoms with Crippen LogP contribution in [0.25, 0.3) is 0 Å². The number of rotatable bonds is 10. The second-order valence-electron chi connectivity index (χ2n) is 10.4. The van der Waals surface area contributed by atoms with Gasteiger partial charge < -0.3 is 11.1 Å². The number of hydrogen-bond donors (Lipinski definition) is 2. The number of amides is 2. The van der Waals surface area contributed by atoms with Crippen molar-refractivity contribution in [2.45, 2.75) is 45.3 Å². The lowest BCUT2D eigenvalue weighted by Gasteiger charge is -2.48. The summed E-state index contributed by atoms with van der Waals surface area (Å²) in [6.45, 7) is 6.53. The number of nitrogens with one attached hydrogen (secondary N) is 1. The first-order chi connectivity index (χ1) is 18.9. The van der Waals surface area contributed by atoms with Crippen molar-refractivity contribution >= 4 is 27.5 Å². The van der Waals surface area contributed by atoms with Gasteiger partial charge in [0.2, 0.25) is 15.9 Å². The molecule has 0 unspecified atom stereocenters. The zero-order valence-corrected chi connectivity index (χ0v) is 23.9. The Bertz CT molecular complexity index is 1440. The van der Waals surface area contributed by atoms with Crippen LogP contribution in [0.2, 0.25) is 0 Å². The number of likely N-dealkylation sites (tertiary alicyclic amines) is 1. The Kier molecular flexibility index (Phi) is 8.60. The fourth-order valence-electron chi connectivity index (χ4n) is 5.08. The average molecular weight is 567 g/mol. The number of carbonyl (C=O) groups excluding carboxylic acids is 2. The molecular weight excluding hydrogens is 531 g/mol. The standard InChI is InChI=1S/C30H35FN4O4S/c1-5-27(29(32)36)33-30(37)23-14-24(31)16-25(15-23)35(40(4,38)39)26-17-34(18-26)28(21-10-6-19(2)7-11-21)22-12-8-20(3)9-13-22/h6-16,26-28H,5,17-18H2,1-4H3,(H2,32,36)(H,33,37)/t27-/m0/s1. The Morgan fingerprint density at radius 1 is 1.00 bits per heavy atom. The van der Waals surface area contributed by atoms with Crippen molar-refractivity contribution in [1.29, 1.82) is 0 Å². The van der Waals surface area contributed by atoms with Crippen LogP contribution in [-0.4, -0.2) is 56.6 Å². The van der Waals surface area contributed by atoms with E-state index in [-0.39, 0.29) is 23.7 Å². The molecule has 212 valence electrons. The fourth-order valence-corrected chi connectivity index (χ4v) is 6.24. The summed E-state index contributed by atoms with van der Waals surface area (Å²) in [5, 5.41) is 2.48. The van der Waals surface area contributed by atoms with Crippen molar-refractivity contribution in [1.82, 2.24) is 10.2 Å². The third-order valence-corrected chi connectivity index (χ3v) is 8.41. The maximum absolute atomic E-state index is 14.7. The number of aryl methyl sites for hydroxylation is 2. The molecule has 1 heterocycles. The van der Waals surface area contributed by atoms with Crippen LogP contribution in [0.15, 0.2) is 66.7 Å². The van der Waals surface area contributed by atoms with E-state index >= 15 is 0 Å². The summed E-state index contributed by atoms with van der Waals surface area (Å²) in [6, 6.07) is 18.5. The van der Waals surface area contributed by atoms with Gasteiger partial charge >= 0.3 is 0 Å². The van der Waals surface area contributed by atoms with Crippen molar-refractivity contribution in [3.8, 4) is 0 Å². The first-order valence-electron chi connectivity index (χ1n) is 13.1.